The van der Waals surface area contributed by atoms with Crippen LogP contribution in [0.5, 0.6) is 0 Å². The van der Waals surface area contributed by atoms with Crippen molar-refractivity contribution in [3.05, 3.63) is 40.7 Å². The molecule has 3 nitrogen and oxygen atoms in total. The highest BCUT2D eigenvalue weighted by Crippen LogP contribution is 2.16. The Morgan fingerprint density at radius 2 is 2.08 bits per heavy atom. The normalized spacial score (nSPS) is 10.2. The summed E-state index contributed by atoms with van der Waals surface area (Å²) < 4.78 is 2.74. The van der Waals surface area contributed by atoms with Gasteiger partial charge >= 0.3 is 0 Å². The molecular weight excluding hydrogens is 184 g/mol. The molecule has 0 spiro atoms. The maximum atomic E-state index is 11.0. The fourth-order valence-corrected chi connectivity index (χ4v) is 1.36. The Hall–Kier alpha value is -1.42. The highest BCUT2D eigenvalue weighted by atomic mass is 32.1. The largest absolute Gasteiger partial charge is 0.332 e. The van der Waals surface area contributed by atoms with Crippen LogP contribution in [0.1, 0.15) is 0 Å². The molecule has 2 N–H and O–H groups in total. The van der Waals surface area contributed by atoms with Gasteiger partial charge in [-0.2, -0.15) is 0 Å². The first kappa shape index (κ1) is 8.19. The predicted molar refractivity (Wildman–Crippen MR) is 57.2 cm³/mol. The molecule has 1 aromatic heterocycles. The second kappa shape index (κ2) is 3.14. The molecule has 0 saturated carbocycles. The van der Waals surface area contributed by atoms with Crippen LogP contribution in [0.4, 0.5) is 5.69 Å². The van der Waals surface area contributed by atoms with Crippen molar-refractivity contribution in [2.24, 2.45) is 0 Å². The third-order valence-corrected chi connectivity index (χ3v) is 2.11. The fourth-order valence-electron chi connectivity index (χ4n) is 1.22. The van der Waals surface area contributed by atoms with Crippen LogP contribution in [0.2, 0.25) is 0 Å². The lowest BCUT2D eigenvalue weighted by Crippen LogP contribution is -2.01. The molecule has 0 bridgehead atoms. The molecule has 1 heterocycles. The second-order valence-corrected chi connectivity index (χ2v) is 2.96. The number of aromatic amines is 1. The number of aromatic nitrogens is 1. The Bertz CT molecular complexity index is 492. The molecule has 0 aliphatic carbocycles. The van der Waals surface area contributed by atoms with E-state index in [-0.39, 0.29) is 5.56 Å². The first-order valence-electron chi connectivity index (χ1n) is 3.83. The summed E-state index contributed by atoms with van der Waals surface area (Å²) in [6, 6.07) is 8.90. The lowest BCUT2D eigenvalue weighted by Gasteiger charge is -2.00. The lowest BCUT2D eigenvalue weighted by molar-refractivity contribution is 1.31. The van der Waals surface area contributed by atoms with E-state index in [4.69, 9.17) is 0 Å². The van der Waals surface area contributed by atoms with Crippen molar-refractivity contribution < 1.29 is 0 Å². The third-order valence-electron chi connectivity index (χ3n) is 1.85. The van der Waals surface area contributed by atoms with Gasteiger partial charge in [-0.15, -0.1) is 0 Å². The Morgan fingerprint density at radius 3 is 2.85 bits per heavy atom. The Morgan fingerprint density at radius 1 is 1.23 bits per heavy atom. The first-order valence-corrected chi connectivity index (χ1v) is 4.27. The molecule has 1 aromatic carbocycles. The number of anilines is 1. The average molecular weight is 192 g/mol. The number of H-pyrrole nitrogens is 1. The fraction of sp³-hybridized carbons (Fsp3) is 0. The smallest absolute Gasteiger partial charge is 0.248 e. The molecule has 0 unspecified atom stereocenters. The van der Waals surface area contributed by atoms with Crippen molar-refractivity contribution in [1.29, 1.82) is 0 Å². The van der Waals surface area contributed by atoms with E-state index in [9.17, 15) is 4.79 Å². The third kappa shape index (κ3) is 1.53. The number of nitrogens with one attached hydrogen (secondary N) is 2. The minimum Gasteiger partial charge on any atom is -0.332 e. The number of pyridine rings is 1. The molecule has 0 radical (unpaired) electrons. The summed E-state index contributed by atoms with van der Waals surface area (Å²) in [5.41, 5.74) is 1.65. The van der Waals surface area contributed by atoms with Gasteiger partial charge in [-0.1, -0.05) is 12.8 Å². The van der Waals surface area contributed by atoms with Gasteiger partial charge in [0.2, 0.25) is 5.56 Å². The van der Waals surface area contributed by atoms with Gasteiger partial charge < -0.3 is 9.71 Å². The van der Waals surface area contributed by atoms with Gasteiger partial charge in [0, 0.05) is 22.7 Å². The van der Waals surface area contributed by atoms with Crippen molar-refractivity contribution in [1.82, 2.24) is 4.98 Å². The predicted octanol–water partition coefficient (Wildman–Crippen LogP) is 1.78. The van der Waals surface area contributed by atoms with Crippen molar-refractivity contribution in [2.75, 3.05) is 4.72 Å². The van der Waals surface area contributed by atoms with Gasteiger partial charge in [0.25, 0.3) is 0 Å². The maximum absolute atomic E-state index is 11.0. The summed E-state index contributed by atoms with van der Waals surface area (Å²) in [7, 11) is 0. The summed E-state index contributed by atoms with van der Waals surface area (Å²) in [5, 5.41) is 0.985. The minimum absolute atomic E-state index is 0.0842. The molecule has 0 aliphatic rings. The number of thiol groups is 1. The van der Waals surface area contributed by atoms with Crippen molar-refractivity contribution in [3.8, 4) is 0 Å². The van der Waals surface area contributed by atoms with Gasteiger partial charge in [-0.25, -0.2) is 0 Å². The van der Waals surface area contributed by atoms with Crippen LogP contribution in [0.25, 0.3) is 10.9 Å². The first-order chi connectivity index (χ1) is 6.29. The summed E-state index contributed by atoms with van der Waals surface area (Å²) in [6.07, 6.45) is 0. The van der Waals surface area contributed by atoms with E-state index in [1.165, 1.54) is 6.07 Å². The molecular formula is C9H8N2OS. The SMILES string of the molecule is O=c1ccc2cc(NS)ccc2[nH]1. The standard InChI is InChI=1S/C9H8N2OS/c12-9-4-1-6-5-7(11-13)2-3-8(6)10-9/h1-5,11,13H,(H,10,12). The van der Waals surface area contributed by atoms with E-state index in [0.29, 0.717) is 0 Å². The highest BCUT2D eigenvalue weighted by molar-refractivity contribution is 7.81. The quantitative estimate of drug-likeness (QED) is 0.603. The topological polar surface area (TPSA) is 44.9 Å². The number of hydrogen-bond donors (Lipinski definition) is 3. The van der Waals surface area contributed by atoms with E-state index in [1.54, 1.807) is 6.07 Å². The molecule has 0 aliphatic heterocycles. The molecule has 4 heteroatoms. The summed E-state index contributed by atoms with van der Waals surface area (Å²) in [6.45, 7) is 0. The van der Waals surface area contributed by atoms with Gasteiger partial charge in [-0.05, 0) is 24.3 Å². The number of benzene rings is 1. The van der Waals surface area contributed by atoms with Gasteiger partial charge in [0.1, 0.15) is 0 Å². The molecule has 0 saturated heterocycles. The van der Waals surface area contributed by atoms with Crippen molar-refractivity contribution in [2.45, 2.75) is 0 Å². The molecule has 66 valence electrons. The van der Waals surface area contributed by atoms with Gasteiger partial charge in [0.15, 0.2) is 0 Å². The monoisotopic (exact) mass is 192 g/mol. The van der Waals surface area contributed by atoms with E-state index < -0.39 is 0 Å². The van der Waals surface area contributed by atoms with Crippen LogP contribution in [-0.4, -0.2) is 4.98 Å². The lowest BCUT2D eigenvalue weighted by atomic mass is 10.2. The van der Waals surface area contributed by atoms with Crippen molar-refractivity contribution >= 4 is 29.4 Å². The zero-order valence-electron chi connectivity index (χ0n) is 6.74. The van der Waals surface area contributed by atoms with Crippen LogP contribution in [0, 0.1) is 0 Å². The van der Waals surface area contributed by atoms with Crippen molar-refractivity contribution in [3.63, 3.8) is 0 Å². The van der Waals surface area contributed by atoms with E-state index in [0.717, 1.165) is 16.6 Å². The van der Waals surface area contributed by atoms with E-state index in [1.807, 2.05) is 18.2 Å². The van der Waals surface area contributed by atoms with Crippen LogP contribution < -0.4 is 10.3 Å². The van der Waals surface area contributed by atoms with Gasteiger partial charge in [-0.3, -0.25) is 4.79 Å². The average Bonchev–Trinajstić information content (AvgIpc) is 2.17. The molecule has 0 atom stereocenters. The Kier molecular flexibility index (Phi) is 1.98. The summed E-state index contributed by atoms with van der Waals surface area (Å²) in [5.74, 6) is 0. The van der Waals surface area contributed by atoms with Crippen LogP contribution >= 0.6 is 12.8 Å². The molecule has 0 fully saturated rings. The zero-order valence-corrected chi connectivity index (χ0v) is 7.64. The maximum Gasteiger partial charge on any atom is 0.248 e. The van der Waals surface area contributed by atoms with Crippen LogP contribution in [-0.2, 0) is 0 Å². The number of fused-ring (bicyclic) bond motifs is 1. The molecule has 13 heavy (non-hydrogen) atoms. The zero-order chi connectivity index (χ0) is 9.26. The minimum atomic E-state index is -0.0842. The Labute approximate surface area is 80.3 Å². The summed E-state index contributed by atoms with van der Waals surface area (Å²) in [4.78, 5) is 13.7. The van der Waals surface area contributed by atoms with Crippen LogP contribution in [0.15, 0.2) is 35.1 Å². The summed E-state index contributed by atoms with van der Waals surface area (Å²) >= 11 is 3.93. The van der Waals surface area contributed by atoms with E-state index in [2.05, 4.69) is 22.5 Å². The van der Waals surface area contributed by atoms with E-state index >= 15 is 0 Å². The number of hydrogen-bond acceptors (Lipinski definition) is 3. The van der Waals surface area contributed by atoms with Crippen LogP contribution in [0.3, 0.4) is 0 Å². The molecule has 0 amide bonds. The number of rotatable bonds is 1. The highest BCUT2D eigenvalue weighted by Gasteiger charge is 1.94. The molecule has 2 rings (SSSR count). The Balaban J connectivity index is 2.73. The second-order valence-electron chi connectivity index (χ2n) is 2.74. The molecule has 2 aromatic rings. The van der Waals surface area contributed by atoms with Gasteiger partial charge in [0.05, 0.1) is 0 Å².